The van der Waals surface area contributed by atoms with Crippen molar-refractivity contribution in [2.75, 3.05) is 25.0 Å². The molecule has 2 rings (SSSR count). The first kappa shape index (κ1) is 16.4. The molecule has 6 heteroatoms. The molecule has 1 amide bonds. The highest BCUT2D eigenvalue weighted by Gasteiger charge is 2.18. The molecule has 4 nitrogen and oxygen atoms in total. The van der Waals surface area contributed by atoms with E-state index in [2.05, 4.69) is 26.1 Å². The topological polar surface area (TPSA) is 58.4 Å². The summed E-state index contributed by atoms with van der Waals surface area (Å²) in [7, 11) is 0. The Labute approximate surface area is 128 Å². The Morgan fingerprint density at radius 1 is 1.47 bits per heavy atom. The molecule has 1 saturated heterocycles. The Bertz CT molecular complexity index is 430. The SMILES string of the molecule is Cl.NC1CCCN(CC(=O)Nc2ccccc2Br)C1. The molecule has 1 aliphatic rings. The van der Waals surface area contributed by atoms with E-state index < -0.39 is 0 Å². The van der Waals surface area contributed by atoms with Crippen LogP contribution in [0.5, 0.6) is 0 Å². The fourth-order valence-electron chi connectivity index (χ4n) is 2.19. The third kappa shape index (κ3) is 5.10. The summed E-state index contributed by atoms with van der Waals surface area (Å²) in [6.07, 6.45) is 2.13. The largest absolute Gasteiger partial charge is 0.327 e. The monoisotopic (exact) mass is 347 g/mol. The van der Waals surface area contributed by atoms with Gasteiger partial charge in [-0.25, -0.2) is 0 Å². The Hall–Kier alpha value is -0.620. The smallest absolute Gasteiger partial charge is 0.238 e. The van der Waals surface area contributed by atoms with Gasteiger partial charge in [-0.05, 0) is 47.4 Å². The number of rotatable bonds is 3. The van der Waals surface area contributed by atoms with Gasteiger partial charge in [-0.1, -0.05) is 12.1 Å². The van der Waals surface area contributed by atoms with Crippen LogP contribution in [0.4, 0.5) is 5.69 Å². The number of piperidine rings is 1. The summed E-state index contributed by atoms with van der Waals surface area (Å²) in [5.41, 5.74) is 6.71. The van der Waals surface area contributed by atoms with Crippen LogP contribution in [0.3, 0.4) is 0 Å². The van der Waals surface area contributed by atoms with Gasteiger partial charge in [-0.2, -0.15) is 0 Å². The zero-order chi connectivity index (χ0) is 13.0. The molecular weight excluding hydrogens is 330 g/mol. The Morgan fingerprint density at radius 3 is 2.89 bits per heavy atom. The lowest BCUT2D eigenvalue weighted by Gasteiger charge is -2.29. The molecule has 1 atom stereocenters. The number of carbonyl (C=O) groups is 1. The minimum absolute atomic E-state index is 0. The minimum Gasteiger partial charge on any atom is -0.327 e. The number of para-hydroxylation sites is 1. The van der Waals surface area contributed by atoms with Crippen LogP contribution >= 0.6 is 28.3 Å². The molecule has 1 aliphatic heterocycles. The molecule has 0 aliphatic carbocycles. The number of nitrogens with two attached hydrogens (primary N) is 1. The van der Waals surface area contributed by atoms with Crippen LogP contribution in [0.2, 0.25) is 0 Å². The highest BCUT2D eigenvalue weighted by Crippen LogP contribution is 2.21. The second kappa shape index (κ2) is 7.85. The number of hydrogen-bond acceptors (Lipinski definition) is 3. The van der Waals surface area contributed by atoms with E-state index in [0.717, 1.165) is 36.1 Å². The lowest BCUT2D eigenvalue weighted by Crippen LogP contribution is -2.45. The average molecular weight is 349 g/mol. The highest BCUT2D eigenvalue weighted by molar-refractivity contribution is 9.10. The zero-order valence-electron chi connectivity index (χ0n) is 10.6. The molecule has 0 radical (unpaired) electrons. The van der Waals surface area contributed by atoms with E-state index in [4.69, 9.17) is 5.73 Å². The van der Waals surface area contributed by atoms with Crippen molar-refractivity contribution in [3.05, 3.63) is 28.7 Å². The van der Waals surface area contributed by atoms with Gasteiger partial charge in [0.15, 0.2) is 0 Å². The molecule has 1 fully saturated rings. The van der Waals surface area contributed by atoms with Crippen molar-refractivity contribution in [3.8, 4) is 0 Å². The standard InChI is InChI=1S/C13H18BrN3O.ClH/c14-11-5-1-2-6-12(11)16-13(18)9-17-7-3-4-10(15)8-17;/h1-2,5-6,10H,3-4,7-9,15H2,(H,16,18);1H. The van der Waals surface area contributed by atoms with Gasteiger partial charge in [-0.3, -0.25) is 9.69 Å². The summed E-state index contributed by atoms with van der Waals surface area (Å²) in [6, 6.07) is 7.81. The number of carbonyl (C=O) groups excluding carboxylic acids is 1. The predicted octanol–water partition coefficient (Wildman–Crippen LogP) is 2.23. The molecule has 1 aromatic rings. The van der Waals surface area contributed by atoms with Gasteiger partial charge in [-0.15, -0.1) is 12.4 Å². The van der Waals surface area contributed by atoms with Crippen molar-refractivity contribution in [2.24, 2.45) is 5.73 Å². The third-order valence-electron chi connectivity index (χ3n) is 3.06. The Kier molecular flexibility index (Phi) is 6.79. The fourth-order valence-corrected chi connectivity index (χ4v) is 2.57. The van der Waals surface area contributed by atoms with Crippen molar-refractivity contribution >= 4 is 39.9 Å². The maximum Gasteiger partial charge on any atom is 0.238 e. The number of anilines is 1. The maximum atomic E-state index is 11.9. The molecule has 19 heavy (non-hydrogen) atoms. The molecule has 1 heterocycles. The second-order valence-electron chi connectivity index (χ2n) is 4.67. The normalized spacial score (nSPS) is 19.6. The van der Waals surface area contributed by atoms with Crippen molar-refractivity contribution in [1.82, 2.24) is 4.90 Å². The van der Waals surface area contributed by atoms with Crippen molar-refractivity contribution in [1.29, 1.82) is 0 Å². The number of benzene rings is 1. The Morgan fingerprint density at radius 2 is 2.21 bits per heavy atom. The fraction of sp³-hybridized carbons (Fsp3) is 0.462. The number of nitrogens with zero attached hydrogens (tertiary/aromatic N) is 1. The zero-order valence-corrected chi connectivity index (χ0v) is 13.0. The van der Waals surface area contributed by atoms with Crippen LogP contribution < -0.4 is 11.1 Å². The van der Waals surface area contributed by atoms with E-state index in [0.29, 0.717) is 6.54 Å². The Balaban J connectivity index is 0.00000180. The molecule has 3 N–H and O–H groups in total. The van der Waals surface area contributed by atoms with E-state index in [9.17, 15) is 4.79 Å². The number of halogens is 2. The molecular formula is C13H19BrClN3O. The van der Waals surface area contributed by atoms with E-state index in [1.807, 2.05) is 24.3 Å². The maximum absolute atomic E-state index is 11.9. The van der Waals surface area contributed by atoms with Gasteiger partial charge < -0.3 is 11.1 Å². The minimum atomic E-state index is 0. The first-order chi connectivity index (χ1) is 8.65. The number of nitrogens with one attached hydrogen (secondary N) is 1. The van der Waals surface area contributed by atoms with Gasteiger partial charge in [0.25, 0.3) is 0 Å². The third-order valence-corrected chi connectivity index (χ3v) is 3.75. The number of amides is 1. The number of likely N-dealkylation sites (tertiary alicyclic amines) is 1. The van der Waals surface area contributed by atoms with Crippen LogP contribution in [0.1, 0.15) is 12.8 Å². The van der Waals surface area contributed by atoms with Crippen LogP contribution in [0.25, 0.3) is 0 Å². The first-order valence-corrected chi connectivity index (χ1v) is 6.97. The van der Waals surface area contributed by atoms with Crippen LogP contribution in [0.15, 0.2) is 28.7 Å². The van der Waals surface area contributed by atoms with Gasteiger partial charge in [0.05, 0.1) is 12.2 Å². The van der Waals surface area contributed by atoms with Gasteiger partial charge in [0, 0.05) is 17.1 Å². The average Bonchev–Trinajstić information content (AvgIpc) is 2.32. The van der Waals surface area contributed by atoms with E-state index in [-0.39, 0.29) is 24.4 Å². The van der Waals surface area contributed by atoms with Gasteiger partial charge in [0.2, 0.25) is 5.91 Å². The quantitative estimate of drug-likeness (QED) is 0.880. The van der Waals surface area contributed by atoms with E-state index in [1.54, 1.807) is 0 Å². The molecule has 1 aromatic carbocycles. The molecule has 1 unspecified atom stereocenters. The van der Waals surface area contributed by atoms with Crippen molar-refractivity contribution < 1.29 is 4.79 Å². The lowest BCUT2D eigenvalue weighted by molar-refractivity contribution is -0.117. The predicted molar refractivity (Wildman–Crippen MR) is 83.7 cm³/mol. The molecule has 0 spiro atoms. The van der Waals surface area contributed by atoms with Crippen LogP contribution in [-0.4, -0.2) is 36.5 Å². The first-order valence-electron chi connectivity index (χ1n) is 6.17. The summed E-state index contributed by atoms with van der Waals surface area (Å²) in [4.78, 5) is 14.0. The summed E-state index contributed by atoms with van der Waals surface area (Å²) in [5.74, 6) is 0.0102. The molecule has 0 bridgehead atoms. The molecule has 106 valence electrons. The highest BCUT2D eigenvalue weighted by atomic mass is 79.9. The summed E-state index contributed by atoms with van der Waals surface area (Å²) in [6.45, 7) is 2.18. The van der Waals surface area contributed by atoms with E-state index in [1.165, 1.54) is 0 Å². The van der Waals surface area contributed by atoms with Crippen molar-refractivity contribution in [3.63, 3.8) is 0 Å². The van der Waals surface area contributed by atoms with E-state index >= 15 is 0 Å². The summed E-state index contributed by atoms with van der Waals surface area (Å²) >= 11 is 3.41. The molecule has 0 saturated carbocycles. The van der Waals surface area contributed by atoms with Crippen LogP contribution in [-0.2, 0) is 4.79 Å². The van der Waals surface area contributed by atoms with Crippen LogP contribution in [0, 0.1) is 0 Å². The van der Waals surface area contributed by atoms with Gasteiger partial charge in [0.1, 0.15) is 0 Å². The lowest BCUT2D eigenvalue weighted by atomic mass is 10.1. The molecule has 0 aromatic heterocycles. The number of hydrogen-bond donors (Lipinski definition) is 2. The van der Waals surface area contributed by atoms with Crippen molar-refractivity contribution in [2.45, 2.75) is 18.9 Å². The second-order valence-corrected chi connectivity index (χ2v) is 5.52. The summed E-state index contributed by atoms with van der Waals surface area (Å²) in [5, 5.41) is 2.90. The van der Waals surface area contributed by atoms with Gasteiger partial charge >= 0.3 is 0 Å². The summed E-state index contributed by atoms with van der Waals surface area (Å²) < 4.78 is 0.897.